The van der Waals surface area contributed by atoms with E-state index >= 15 is 8.78 Å². The van der Waals surface area contributed by atoms with Gasteiger partial charge < -0.3 is 19.6 Å². The number of rotatable bonds is 22. The summed E-state index contributed by atoms with van der Waals surface area (Å²) in [5.41, 5.74) is 38.0. The van der Waals surface area contributed by atoms with Gasteiger partial charge in [-0.25, -0.2) is 8.78 Å². The first-order chi connectivity index (χ1) is 70.5. The summed E-state index contributed by atoms with van der Waals surface area (Å²) in [7, 11) is 0. The molecule has 0 aliphatic carbocycles. The molecule has 4 nitrogen and oxygen atoms in total. The number of aryl methyl sites for hydroxylation is 8. The third-order valence-electron chi connectivity index (χ3n) is 28.9. The highest BCUT2D eigenvalue weighted by Gasteiger charge is 2.30. The Labute approximate surface area is 841 Å². The maximum absolute atomic E-state index is 16.9. The van der Waals surface area contributed by atoms with Gasteiger partial charge in [-0.1, -0.05) is 376 Å². The van der Waals surface area contributed by atoms with Crippen molar-refractivity contribution in [2.45, 2.75) is 68.2 Å². The molecule has 0 radical (unpaired) electrons. The third kappa shape index (κ3) is 17.4. The number of hydrogen-bond acceptors (Lipinski definition) is 4. The van der Waals surface area contributed by atoms with E-state index in [-0.39, 0.29) is 11.6 Å². The summed E-state index contributed by atoms with van der Waals surface area (Å²) in [5.74, 6) is -0.632. The van der Waals surface area contributed by atoms with Crippen molar-refractivity contribution in [3.63, 3.8) is 0 Å². The summed E-state index contributed by atoms with van der Waals surface area (Å²) in [6.45, 7) is 16.9. The van der Waals surface area contributed by atoms with E-state index in [1.807, 2.05) is 38.1 Å². The van der Waals surface area contributed by atoms with Gasteiger partial charge in [0.15, 0.2) is 0 Å². The fraction of sp³-hybridized carbons (Fsp3) is 0.0725. The lowest BCUT2D eigenvalue weighted by atomic mass is 9.91. The van der Waals surface area contributed by atoms with E-state index in [9.17, 15) is 0 Å². The lowest BCUT2D eigenvalue weighted by molar-refractivity contribution is 0.627. The van der Waals surface area contributed by atoms with Crippen LogP contribution in [-0.2, 0) is 12.8 Å². The van der Waals surface area contributed by atoms with Gasteiger partial charge in [-0.15, -0.1) is 0 Å². The van der Waals surface area contributed by atoms with Crippen molar-refractivity contribution in [1.82, 2.24) is 0 Å². The second kappa shape index (κ2) is 38.5. The highest BCUT2D eigenvalue weighted by Crippen LogP contribution is 2.55. The first kappa shape index (κ1) is 90.3. The Morgan fingerprint density at radius 2 is 0.389 bits per heavy atom. The standard InChI is InChI=1S/C70H56N2.C68H50F2N2/c1-5-49-21-33-61(34-22-49)71(63-43-57(51-13-9-7-10-14-51)41-59(45-63)53-25-17-47(3)18-26-53)67-39-31-55-30-38-66-68(40-32-56-29-37-65(67)69(55)70(56)66)72(62-35-23-50(6-2)24-36-62)64-44-58(52-15-11-8-12-16-52)42-60(46-64)54-27-19-48(4)20-28-54;1-43-21-25-49(26-22-43)55-37-53(47-15-7-5-8-16-47)39-57(41-55)71(67-45(3)13-11-19-61(67)69)63-35-31-51-30-34-60-64(36-32-52-29-33-59(63)65(51)66(52)60)72(68-46(4)14-12-20-62(68)70)58-40-54(48-17-9-6-10-18-48)38-56(42-58)50-27-23-44(2)24-28-50/h7-46H,5-6H2,1-4H3;5-42H,1-4H3. The molecule has 0 bridgehead atoms. The predicted molar refractivity (Wildman–Crippen MR) is 610 cm³/mol. The second-order valence-corrected chi connectivity index (χ2v) is 38.4. The molecule has 0 fully saturated rings. The van der Waals surface area contributed by atoms with Gasteiger partial charge in [0.2, 0.25) is 0 Å². The second-order valence-electron chi connectivity index (χ2n) is 38.4. The molecule has 0 N–H and O–H groups in total. The first-order valence-corrected chi connectivity index (χ1v) is 50.0. The summed E-state index contributed by atoms with van der Waals surface area (Å²) >= 11 is 0. The van der Waals surface area contributed by atoms with Gasteiger partial charge in [-0.05, 0) is 342 Å². The SMILES string of the molecule is CCc1ccc(N(c2cc(-c3ccccc3)cc(-c3ccc(C)cc3)c2)c2ccc3ccc4c(N(c5ccc(CC)cc5)c5cc(-c6ccccc6)cc(-c6ccc(C)cc6)c5)ccc5ccc2c3c54)cc1.Cc1ccc(-c2cc(-c3ccccc3)cc(N(c3c(C)cccc3F)c3ccc4ccc5c(N(c6cc(-c7ccccc7)cc(-c7ccc(C)cc7)c6)c6c(C)cccc6F)ccc6ccc3c4c65)c2)cc1. The Morgan fingerprint density at radius 1 is 0.174 bits per heavy atom. The highest BCUT2D eigenvalue weighted by atomic mass is 19.1. The molecule has 692 valence electrons. The molecule has 0 aromatic heterocycles. The van der Waals surface area contributed by atoms with Crippen molar-refractivity contribution in [3.8, 4) is 89.0 Å². The highest BCUT2D eigenvalue weighted by molar-refractivity contribution is 6.30. The van der Waals surface area contributed by atoms with Crippen LogP contribution in [-0.4, -0.2) is 0 Å². The summed E-state index contributed by atoms with van der Waals surface area (Å²) in [6.07, 6.45) is 1.96. The van der Waals surface area contributed by atoms with Gasteiger partial charge in [-0.3, -0.25) is 0 Å². The van der Waals surface area contributed by atoms with Crippen molar-refractivity contribution in [1.29, 1.82) is 0 Å². The molecule has 0 aliphatic heterocycles. The third-order valence-corrected chi connectivity index (χ3v) is 28.9. The Balaban J connectivity index is 0.000000159. The molecule has 24 aromatic rings. The van der Waals surface area contributed by atoms with E-state index < -0.39 is 0 Å². The van der Waals surface area contributed by atoms with Gasteiger partial charge in [0.05, 0.1) is 34.1 Å². The molecule has 0 saturated carbocycles. The summed E-state index contributed by atoms with van der Waals surface area (Å²) < 4.78 is 33.8. The van der Waals surface area contributed by atoms with Crippen molar-refractivity contribution in [2.24, 2.45) is 0 Å². The summed E-state index contributed by atoms with van der Waals surface area (Å²) in [6, 6.07) is 170. The molecule has 6 heteroatoms. The summed E-state index contributed by atoms with van der Waals surface area (Å²) in [5, 5.41) is 13.5. The molecular weight excluding hydrogens is 1750 g/mol. The van der Waals surface area contributed by atoms with Crippen LogP contribution in [0.2, 0.25) is 0 Å². The van der Waals surface area contributed by atoms with Crippen LogP contribution in [0.25, 0.3) is 154 Å². The van der Waals surface area contributed by atoms with Gasteiger partial charge in [0, 0.05) is 55.7 Å². The molecule has 0 aliphatic rings. The Kier molecular flexibility index (Phi) is 24.2. The van der Waals surface area contributed by atoms with Crippen LogP contribution in [0.15, 0.2) is 473 Å². The van der Waals surface area contributed by atoms with Crippen molar-refractivity contribution in [3.05, 3.63) is 529 Å². The average molecular weight is 1860 g/mol. The molecule has 0 heterocycles. The number of anilines is 12. The van der Waals surface area contributed by atoms with Crippen LogP contribution in [0.4, 0.5) is 77.0 Å². The zero-order valence-corrected chi connectivity index (χ0v) is 82.0. The van der Waals surface area contributed by atoms with Crippen LogP contribution < -0.4 is 19.6 Å². The Hall–Kier alpha value is -17.6. The fourth-order valence-electron chi connectivity index (χ4n) is 21.3. The minimum absolute atomic E-state index is 0.316. The van der Waals surface area contributed by atoms with Gasteiger partial charge in [0.1, 0.15) is 11.6 Å². The van der Waals surface area contributed by atoms with Gasteiger partial charge in [0.25, 0.3) is 0 Å². The molecule has 0 amide bonds. The van der Waals surface area contributed by atoms with Crippen molar-refractivity contribution < 1.29 is 8.78 Å². The molecule has 0 spiro atoms. The first-order valence-electron chi connectivity index (χ1n) is 50.0. The van der Waals surface area contributed by atoms with Crippen LogP contribution >= 0.6 is 0 Å². The average Bonchev–Trinajstić information content (AvgIpc) is 0.537. The Bertz CT molecular complexity index is 8310. The molecule has 24 aromatic carbocycles. The van der Waals surface area contributed by atoms with E-state index in [1.54, 1.807) is 24.3 Å². The maximum Gasteiger partial charge on any atom is 0.147 e. The monoisotopic (exact) mass is 1860 g/mol. The van der Waals surface area contributed by atoms with Crippen LogP contribution in [0.5, 0.6) is 0 Å². The van der Waals surface area contributed by atoms with E-state index in [4.69, 9.17) is 0 Å². The molecule has 24 rings (SSSR count). The van der Waals surface area contributed by atoms with Gasteiger partial charge in [-0.2, -0.15) is 0 Å². The minimum atomic E-state index is -0.316. The van der Waals surface area contributed by atoms with Crippen LogP contribution in [0.3, 0.4) is 0 Å². The number of nitrogens with zero attached hydrogens (tertiary/aromatic N) is 4. The van der Waals surface area contributed by atoms with Crippen LogP contribution in [0, 0.1) is 53.2 Å². The van der Waals surface area contributed by atoms with E-state index in [2.05, 4.69) is 486 Å². The normalized spacial score (nSPS) is 11.5. The molecular formula is C138H106F2N4. The quantitative estimate of drug-likeness (QED) is 0.0627. The lowest BCUT2D eigenvalue weighted by Crippen LogP contribution is -2.15. The maximum atomic E-state index is 16.9. The zero-order chi connectivity index (χ0) is 97.7. The van der Waals surface area contributed by atoms with E-state index in [1.165, 1.54) is 110 Å². The number of halogens is 2. The molecule has 144 heavy (non-hydrogen) atoms. The topological polar surface area (TPSA) is 13.0 Å². The fourth-order valence-corrected chi connectivity index (χ4v) is 21.3. The van der Waals surface area contributed by atoms with Crippen molar-refractivity contribution >= 4 is 133 Å². The van der Waals surface area contributed by atoms with E-state index in [0.29, 0.717) is 11.4 Å². The van der Waals surface area contributed by atoms with E-state index in [0.717, 1.165) is 158 Å². The number of hydrogen-bond donors (Lipinski definition) is 0. The Morgan fingerprint density at radius 3 is 0.618 bits per heavy atom. The van der Waals surface area contributed by atoms with Gasteiger partial charge >= 0.3 is 0 Å². The molecule has 0 unspecified atom stereocenters. The minimum Gasteiger partial charge on any atom is -0.310 e. The summed E-state index contributed by atoms with van der Waals surface area (Å²) in [4.78, 5) is 9.19. The number of para-hydroxylation sites is 2. The largest absolute Gasteiger partial charge is 0.310 e. The zero-order valence-electron chi connectivity index (χ0n) is 82.0. The van der Waals surface area contributed by atoms with Crippen LogP contribution in [0.1, 0.15) is 58.4 Å². The lowest BCUT2D eigenvalue weighted by Gasteiger charge is -2.31. The van der Waals surface area contributed by atoms with Crippen molar-refractivity contribution in [2.75, 3.05) is 19.6 Å². The predicted octanol–water partition coefficient (Wildman–Crippen LogP) is 39.6. The molecule has 0 atom stereocenters. The number of benzene rings is 24. The molecule has 0 saturated heterocycles. The smallest absolute Gasteiger partial charge is 0.147 e.